The standard InChI is InChI=1S/C23H30N4O3S/c1-17-24-16-20(23(28)26-18-10-4-2-5-11-18)22(25-17)21-14-8-9-15-27(21)31(29,30)19-12-6-3-7-13-19/h3,6-7,12-13,16,18,21H,2,4-5,8-11,14-15H2,1H3,(H,26,28)/t21-/m1/s1. The van der Waals surface area contributed by atoms with E-state index >= 15 is 0 Å². The maximum atomic E-state index is 13.4. The minimum absolute atomic E-state index is 0.158. The van der Waals surface area contributed by atoms with E-state index in [0.717, 1.165) is 38.5 Å². The first-order valence-electron chi connectivity index (χ1n) is 11.2. The van der Waals surface area contributed by atoms with Gasteiger partial charge < -0.3 is 5.32 Å². The van der Waals surface area contributed by atoms with Gasteiger partial charge in [-0.2, -0.15) is 4.31 Å². The molecular formula is C23H30N4O3S. The molecule has 7 nitrogen and oxygen atoms in total. The molecule has 2 heterocycles. The number of amides is 1. The fraction of sp³-hybridized carbons (Fsp3) is 0.522. The molecule has 2 aromatic rings. The van der Waals surface area contributed by atoms with Gasteiger partial charge in [0.25, 0.3) is 5.91 Å². The van der Waals surface area contributed by atoms with Crippen LogP contribution in [-0.4, -0.2) is 41.2 Å². The number of benzene rings is 1. The van der Waals surface area contributed by atoms with Crippen LogP contribution >= 0.6 is 0 Å². The zero-order chi connectivity index (χ0) is 21.8. The Labute approximate surface area is 184 Å². The molecule has 8 heteroatoms. The molecule has 1 N–H and O–H groups in total. The maximum Gasteiger partial charge on any atom is 0.254 e. The normalized spacial score (nSPS) is 21.0. The minimum atomic E-state index is -3.70. The average Bonchev–Trinajstić information content (AvgIpc) is 2.80. The summed E-state index contributed by atoms with van der Waals surface area (Å²) in [4.78, 5) is 22.3. The van der Waals surface area contributed by atoms with Gasteiger partial charge in [-0.1, -0.05) is 43.9 Å². The summed E-state index contributed by atoms with van der Waals surface area (Å²) in [6, 6.07) is 8.16. The molecule has 166 valence electrons. The number of nitrogens with zero attached hydrogens (tertiary/aromatic N) is 3. The van der Waals surface area contributed by atoms with Crippen LogP contribution < -0.4 is 5.32 Å². The molecule has 0 unspecified atom stereocenters. The number of hydrogen-bond acceptors (Lipinski definition) is 5. The molecule has 1 aromatic heterocycles. The van der Waals surface area contributed by atoms with E-state index in [4.69, 9.17) is 0 Å². The number of carbonyl (C=O) groups is 1. The van der Waals surface area contributed by atoms with Gasteiger partial charge in [0.1, 0.15) is 5.82 Å². The van der Waals surface area contributed by atoms with Gasteiger partial charge in [-0.3, -0.25) is 4.79 Å². The Morgan fingerprint density at radius 3 is 2.48 bits per heavy atom. The lowest BCUT2D eigenvalue weighted by atomic mass is 9.94. The van der Waals surface area contributed by atoms with Crippen molar-refractivity contribution in [2.75, 3.05) is 6.54 Å². The van der Waals surface area contributed by atoms with Crippen molar-refractivity contribution in [3.63, 3.8) is 0 Å². The van der Waals surface area contributed by atoms with Crippen LogP contribution in [0, 0.1) is 6.92 Å². The van der Waals surface area contributed by atoms with Gasteiger partial charge in [0.15, 0.2) is 0 Å². The topological polar surface area (TPSA) is 92.3 Å². The first-order chi connectivity index (χ1) is 15.0. The summed E-state index contributed by atoms with van der Waals surface area (Å²) < 4.78 is 28.4. The van der Waals surface area contributed by atoms with E-state index in [2.05, 4.69) is 15.3 Å². The first-order valence-corrected chi connectivity index (χ1v) is 12.6. The average molecular weight is 443 g/mol. The number of sulfonamides is 1. The third-order valence-corrected chi connectivity index (χ3v) is 8.17. The zero-order valence-corrected chi connectivity index (χ0v) is 18.8. The smallest absolute Gasteiger partial charge is 0.254 e. The summed E-state index contributed by atoms with van der Waals surface area (Å²) in [6.45, 7) is 2.18. The molecule has 1 saturated carbocycles. The predicted molar refractivity (Wildman–Crippen MR) is 118 cm³/mol. The Morgan fingerprint density at radius 2 is 1.74 bits per heavy atom. The third kappa shape index (κ3) is 4.80. The highest BCUT2D eigenvalue weighted by molar-refractivity contribution is 7.89. The molecule has 1 atom stereocenters. The Bertz CT molecular complexity index is 1020. The third-order valence-electron chi connectivity index (χ3n) is 6.24. The molecule has 4 rings (SSSR count). The maximum absolute atomic E-state index is 13.4. The zero-order valence-electron chi connectivity index (χ0n) is 18.0. The lowest BCUT2D eigenvalue weighted by molar-refractivity contribution is 0.0923. The Hall–Kier alpha value is -2.32. The van der Waals surface area contributed by atoms with Gasteiger partial charge in [0, 0.05) is 18.8 Å². The molecule has 0 bridgehead atoms. The molecule has 1 saturated heterocycles. The van der Waals surface area contributed by atoms with E-state index in [9.17, 15) is 13.2 Å². The summed E-state index contributed by atoms with van der Waals surface area (Å²) in [6.07, 6.45) is 9.26. The van der Waals surface area contributed by atoms with E-state index in [1.165, 1.54) is 10.7 Å². The molecular weight excluding hydrogens is 412 g/mol. The van der Waals surface area contributed by atoms with Gasteiger partial charge in [-0.15, -0.1) is 0 Å². The van der Waals surface area contributed by atoms with Gasteiger partial charge >= 0.3 is 0 Å². The molecule has 0 spiro atoms. The van der Waals surface area contributed by atoms with Crippen LogP contribution in [-0.2, 0) is 10.0 Å². The largest absolute Gasteiger partial charge is 0.349 e. The summed E-state index contributed by atoms with van der Waals surface area (Å²) in [7, 11) is -3.70. The van der Waals surface area contributed by atoms with Crippen molar-refractivity contribution in [1.82, 2.24) is 19.6 Å². The van der Waals surface area contributed by atoms with Crippen molar-refractivity contribution in [2.24, 2.45) is 0 Å². The molecule has 0 radical (unpaired) electrons. The molecule has 1 amide bonds. The second kappa shape index (κ2) is 9.44. The van der Waals surface area contributed by atoms with E-state index in [-0.39, 0.29) is 16.8 Å². The lowest BCUT2D eigenvalue weighted by Gasteiger charge is -2.35. The molecule has 1 aliphatic carbocycles. The quantitative estimate of drug-likeness (QED) is 0.761. The van der Waals surface area contributed by atoms with E-state index in [1.54, 1.807) is 43.5 Å². The van der Waals surface area contributed by atoms with Crippen molar-refractivity contribution in [1.29, 1.82) is 0 Å². The predicted octanol–water partition coefficient (Wildman–Crippen LogP) is 3.76. The highest BCUT2D eigenvalue weighted by atomic mass is 32.2. The van der Waals surface area contributed by atoms with E-state index in [0.29, 0.717) is 30.0 Å². The Balaban J connectivity index is 1.68. The summed E-state index contributed by atoms with van der Waals surface area (Å²) in [5.74, 6) is 0.330. The number of carbonyl (C=O) groups excluding carboxylic acids is 1. The highest BCUT2D eigenvalue weighted by Gasteiger charge is 2.37. The van der Waals surface area contributed by atoms with E-state index < -0.39 is 16.1 Å². The SMILES string of the molecule is Cc1ncc(C(=O)NC2CCCCC2)c([C@H]2CCCCN2S(=O)(=O)c2ccccc2)n1. The van der Waals surface area contributed by atoms with Gasteiger partial charge in [-0.05, 0) is 44.7 Å². The molecule has 1 aliphatic heterocycles. The van der Waals surface area contributed by atoms with Crippen molar-refractivity contribution in [3.8, 4) is 0 Å². The van der Waals surface area contributed by atoms with Crippen LogP contribution in [0.25, 0.3) is 0 Å². The van der Waals surface area contributed by atoms with Crippen LogP contribution in [0.1, 0.15) is 79.3 Å². The molecule has 1 aromatic carbocycles. The number of nitrogens with one attached hydrogen (secondary N) is 1. The fourth-order valence-electron chi connectivity index (χ4n) is 4.62. The number of aromatic nitrogens is 2. The van der Waals surface area contributed by atoms with E-state index in [1.807, 2.05) is 0 Å². The minimum Gasteiger partial charge on any atom is -0.349 e. The first kappa shape index (κ1) is 21.9. The monoisotopic (exact) mass is 442 g/mol. The number of piperidine rings is 1. The van der Waals surface area contributed by atoms with Gasteiger partial charge in [0.2, 0.25) is 10.0 Å². The number of aryl methyl sites for hydroxylation is 1. The Kier molecular flexibility index (Phi) is 6.67. The lowest BCUT2D eigenvalue weighted by Crippen LogP contribution is -2.41. The highest BCUT2D eigenvalue weighted by Crippen LogP contribution is 2.36. The van der Waals surface area contributed by atoms with Crippen LogP contribution in [0.3, 0.4) is 0 Å². The molecule has 31 heavy (non-hydrogen) atoms. The van der Waals surface area contributed by atoms with Crippen LogP contribution in [0.2, 0.25) is 0 Å². The van der Waals surface area contributed by atoms with Crippen molar-refractivity contribution >= 4 is 15.9 Å². The second-order valence-electron chi connectivity index (χ2n) is 8.46. The van der Waals surface area contributed by atoms with Crippen molar-refractivity contribution in [2.45, 2.75) is 75.3 Å². The summed E-state index contributed by atoms with van der Waals surface area (Å²) in [5.41, 5.74) is 0.899. The summed E-state index contributed by atoms with van der Waals surface area (Å²) in [5, 5.41) is 3.13. The second-order valence-corrected chi connectivity index (χ2v) is 10.4. The number of rotatable bonds is 5. The van der Waals surface area contributed by atoms with Crippen molar-refractivity contribution < 1.29 is 13.2 Å². The van der Waals surface area contributed by atoms with Crippen LogP contribution in [0.4, 0.5) is 0 Å². The fourth-order valence-corrected chi connectivity index (χ4v) is 6.30. The number of hydrogen-bond donors (Lipinski definition) is 1. The van der Waals surface area contributed by atoms with Crippen LogP contribution in [0.5, 0.6) is 0 Å². The Morgan fingerprint density at radius 1 is 1.03 bits per heavy atom. The van der Waals surface area contributed by atoms with Gasteiger partial charge in [-0.25, -0.2) is 18.4 Å². The molecule has 2 fully saturated rings. The van der Waals surface area contributed by atoms with Gasteiger partial charge in [0.05, 0.1) is 22.2 Å². The summed E-state index contributed by atoms with van der Waals surface area (Å²) >= 11 is 0. The van der Waals surface area contributed by atoms with Crippen molar-refractivity contribution in [3.05, 3.63) is 53.6 Å². The van der Waals surface area contributed by atoms with Crippen LogP contribution in [0.15, 0.2) is 41.4 Å². The molecule has 2 aliphatic rings.